The maximum Gasteiger partial charge on any atom is 0.180 e. The van der Waals surface area contributed by atoms with Gasteiger partial charge >= 0.3 is 0 Å². The van der Waals surface area contributed by atoms with Crippen molar-refractivity contribution in [2.75, 3.05) is 18.1 Å². The topological polar surface area (TPSA) is 53.7 Å². The van der Waals surface area contributed by atoms with E-state index in [9.17, 15) is 5.11 Å². The summed E-state index contributed by atoms with van der Waals surface area (Å²) in [6, 6.07) is 0.132. The highest BCUT2D eigenvalue weighted by Crippen LogP contribution is 2.31. The third-order valence-corrected chi connectivity index (χ3v) is 4.05. The molecule has 3 heterocycles. The summed E-state index contributed by atoms with van der Waals surface area (Å²) in [4.78, 5) is 11.1. The van der Waals surface area contributed by atoms with Crippen LogP contribution < -0.4 is 4.90 Å². The summed E-state index contributed by atoms with van der Waals surface area (Å²) in [5.41, 5.74) is 0.839. The zero-order chi connectivity index (χ0) is 12.7. The number of rotatable bonds is 2. The largest absolute Gasteiger partial charge is 0.394 e. The minimum Gasteiger partial charge on any atom is -0.394 e. The van der Waals surface area contributed by atoms with Crippen LogP contribution in [0.15, 0.2) is 23.2 Å². The molecule has 0 bridgehead atoms. The van der Waals surface area contributed by atoms with Crippen LogP contribution in [-0.4, -0.2) is 38.7 Å². The van der Waals surface area contributed by atoms with Crippen LogP contribution in [0.5, 0.6) is 0 Å². The lowest BCUT2D eigenvalue weighted by Gasteiger charge is -2.26. The molecule has 0 aromatic carbocycles. The molecule has 1 N–H and O–H groups in total. The molecule has 5 nitrogen and oxygen atoms in total. The number of aromatic nitrogens is 3. The summed E-state index contributed by atoms with van der Waals surface area (Å²) in [6.07, 6.45) is 6.63. The number of hydrogen-bond donors (Lipinski definition) is 1. The van der Waals surface area contributed by atoms with Crippen molar-refractivity contribution < 1.29 is 5.11 Å². The Hall–Kier alpha value is -1.14. The molecule has 0 spiro atoms. The van der Waals surface area contributed by atoms with Crippen molar-refractivity contribution in [3.63, 3.8) is 0 Å². The minimum atomic E-state index is 0.132. The van der Waals surface area contributed by atoms with E-state index in [1.807, 2.05) is 16.8 Å². The van der Waals surface area contributed by atoms with E-state index in [0.717, 1.165) is 29.0 Å². The van der Waals surface area contributed by atoms with Crippen molar-refractivity contribution in [1.29, 1.82) is 0 Å². The Bertz CT molecular complexity index is 570. The number of fused-ring (bicyclic) bond motifs is 1. The Labute approximate surface area is 114 Å². The summed E-state index contributed by atoms with van der Waals surface area (Å²) in [5, 5.41) is 9.55. The van der Waals surface area contributed by atoms with Gasteiger partial charge in [-0.15, -0.1) is 0 Å². The summed E-state index contributed by atoms with van der Waals surface area (Å²) in [6.45, 7) is 3.24. The van der Waals surface area contributed by atoms with Crippen LogP contribution in [0, 0.1) is 5.92 Å². The minimum absolute atomic E-state index is 0.132. The van der Waals surface area contributed by atoms with Crippen LogP contribution in [0.1, 0.15) is 13.3 Å². The standard InChI is InChI=1S/C12H15BrN4O/c1-8-2-4-17(9(8)7-18)12-11-14-3-5-16(11)6-10(13)15-12/h3,5-6,8-9,18H,2,4,7H2,1H3. The fourth-order valence-electron chi connectivity index (χ4n) is 2.63. The van der Waals surface area contributed by atoms with Crippen molar-refractivity contribution in [3.8, 4) is 0 Å². The van der Waals surface area contributed by atoms with Crippen LogP contribution in [0.25, 0.3) is 5.65 Å². The van der Waals surface area contributed by atoms with E-state index < -0.39 is 0 Å². The van der Waals surface area contributed by atoms with Gasteiger partial charge in [-0.05, 0) is 28.3 Å². The second-order valence-electron chi connectivity index (χ2n) is 4.75. The van der Waals surface area contributed by atoms with E-state index in [2.05, 4.69) is 37.7 Å². The van der Waals surface area contributed by atoms with Gasteiger partial charge in [-0.1, -0.05) is 6.92 Å². The van der Waals surface area contributed by atoms with Crippen LogP contribution >= 0.6 is 15.9 Å². The zero-order valence-electron chi connectivity index (χ0n) is 10.1. The molecule has 1 aliphatic rings. The van der Waals surface area contributed by atoms with Gasteiger partial charge in [0, 0.05) is 25.1 Å². The molecular weight excluding hydrogens is 296 g/mol. The lowest BCUT2D eigenvalue weighted by molar-refractivity contribution is 0.244. The summed E-state index contributed by atoms with van der Waals surface area (Å²) in [5.74, 6) is 1.32. The van der Waals surface area contributed by atoms with Crippen LogP contribution in [0.2, 0.25) is 0 Å². The van der Waals surface area contributed by atoms with Gasteiger partial charge in [0.25, 0.3) is 0 Å². The SMILES string of the molecule is CC1CCN(c2nc(Br)cn3ccnc23)C1CO. The van der Waals surface area contributed by atoms with Crippen molar-refractivity contribution in [2.24, 2.45) is 5.92 Å². The first-order valence-corrected chi connectivity index (χ1v) is 6.86. The fraction of sp³-hybridized carbons (Fsp3) is 0.500. The van der Waals surface area contributed by atoms with Gasteiger partial charge in [0.2, 0.25) is 0 Å². The molecule has 2 atom stereocenters. The maximum atomic E-state index is 9.55. The van der Waals surface area contributed by atoms with E-state index in [-0.39, 0.29) is 12.6 Å². The number of aliphatic hydroxyl groups is 1. The molecule has 3 rings (SSSR count). The lowest BCUT2D eigenvalue weighted by Crippen LogP contribution is -2.36. The molecule has 2 aromatic rings. The molecule has 96 valence electrons. The van der Waals surface area contributed by atoms with Gasteiger partial charge in [0.15, 0.2) is 11.5 Å². The first-order chi connectivity index (χ1) is 8.70. The third-order valence-electron chi connectivity index (χ3n) is 3.67. The normalized spacial score (nSPS) is 24.1. The zero-order valence-corrected chi connectivity index (χ0v) is 11.7. The number of aliphatic hydroxyl groups excluding tert-OH is 1. The number of nitrogens with zero attached hydrogens (tertiary/aromatic N) is 4. The molecule has 0 aliphatic carbocycles. The molecule has 2 aromatic heterocycles. The molecule has 0 radical (unpaired) electrons. The van der Waals surface area contributed by atoms with Gasteiger partial charge in [-0.2, -0.15) is 0 Å². The Balaban J connectivity index is 2.11. The molecule has 18 heavy (non-hydrogen) atoms. The molecule has 1 saturated heterocycles. The predicted octanol–water partition coefficient (Wildman–Crippen LogP) is 1.70. The van der Waals surface area contributed by atoms with Crippen molar-refractivity contribution >= 4 is 27.4 Å². The van der Waals surface area contributed by atoms with E-state index in [4.69, 9.17) is 0 Å². The van der Waals surface area contributed by atoms with E-state index in [1.165, 1.54) is 0 Å². The van der Waals surface area contributed by atoms with E-state index in [1.54, 1.807) is 6.20 Å². The number of anilines is 1. The third kappa shape index (κ3) is 1.80. The van der Waals surface area contributed by atoms with Crippen molar-refractivity contribution in [3.05, 3.63) is 23.2 Å². The molecule has 2 unspecified atom stereocenters. The Morgan fingerprint density at radius 2 is 2.39 bits per heavy atom. The summed E-state index contributed by atoms with van der Waals surface area (Å²) in [7, 11) is 0. The average molecular weight is 311 g/mol. The van der Waals surface area contributed by atoms with Gasteiger partial charge in [-0.3, -0.25) is 0 Å². The second-order valence-corrected chi connectivity index (χ2v) is 5.57. The Morgan fingerprint density at radius 3 is 3.17 bits per heavy atom. The van der Waals surface area contributed by atoms with Crippen LogP contribution in [0.4, 0.5) is 5.82 Å². The van der Waals surface area contributed by atoms with Crippen molar-refractivity contribution in [2.45, 2.75) is 19.4 Å². The van der Waals surface area contributed by atoms with E-state index >= 15 is 0 Å². The molecule has 1 aliphatic heterocycles. The Kier molecular flexibility index (Phi) is 2.99. The molecule has 0 amide bonds. The summed E-state index contributed by atoms with van der Waals surface area (Å²) < 4.78 is 2.73. The smallest absolute Gasteiger partial charge is 0.180 e. The highest BCUT2D eigenvalue weighted by molar-refractivity contribution is 9.10. The molecular formula is C12H15BrN4O. The van der Waals surface area contributed by atoms with Crippen LogP contribution in [0.3, 0.4) is 0 Å². The first-order valence-electron chi connectivity index (χ1n) is 6.07. The predicted molar refractivity (Wildman–Crippen MR) is 72.7 cm³/mol. The molecule has 6 heteroatoms. The first kappa shape index (κ1) is 11.9. The van der Waals surface area contributed by atoms with Gasteiger partial charge < -0.3 is 14.4 Å². The quantitative estimate of drug-likeness (QED) is 0.917. The monoisotopic (exact) mass is 310 g/mol. The number of halogens is 1. The highest BCUT2D eigenvalue weighted by Gasteiger charge is 2.33. The molecule has 0 saturated carbocycles. The van der Waals surface area contributed by atoms with E-state index in [0.29, 0.717) is 5.92 Å². The highest BCUT2D eigenvalue weighted by atomic mass is 79.9. The molecule has 1 fully saturated rings. The van der Waals surface area contributed by atoms with Gasteiger partial charge in [0.05, 0.1) is 12.6 Å². The van der Waals surface area contributed by atoms with Gasteiger partial charge in [0.1, 0.15) is 4.60 Å². The lowest BCUT2D eigenvalue weighted by atomic mass is 10.0. The average Bonchev–Trinajstić information content (AvgIpc) is 2.93. The number of hydrogen-bond acceptors (Lipinski definition) is 4. The second kappa shape index (κ2) is 4.51. The maximum absolute atomic E-state index is 9.55. The number of imidazole rings is 1. The fourth-order valence-corrected chi connectivity index (χ4v) is 3.02. The van der Waals surface area contributed by atoms with Gasteiger partial charge in [-0.25, -0.2) is 9.97 Å². The van der Waals surface area contributed by atoms with Crippen molar-refractivity contribution in [1.82, 2.24) is 14.4 Å². The van der Waals surface area contributed by atoms with Crippen LogP contribution in [-0.2, 0) is 0 Å². The summed E-state index contributed by atoms with van der Waals surface area (Å²) >= 11 is 3.42. The Morgan fingerprint density at radius 1 is 1.56 bits per heavy atom.